The molecule has 0 N–H and O–H groups in total. The number of likely N-dealkylation sites (tertiary alicyclic amines) is 1. The van der Waals surface area contributed by atoms with Crippen molar-refractivity contribution >= 4 is 21.4 Å². The van der Waals surface area contributed by atoms with Crippen LogP contribution >= 0.6 is 11.5 Å². The predicted molar refractivity (Wildman–Crippen MR) is 124 cm³/mol. The summed E-state index contributed by atoms with van der Waals surface area (Å²) in [5.41, 5.74) is 2.13. The molecule has 0 saturated carbocycles. The van der Waals surface area contributed by atoms with Crippen LogP contribution in [0.4, 0.5) is 4.39 Å². The highest BCUT2D eigenvalue weighted by Crippen LogP contribution is 2.45. The highest BCUT2D eigenvalue weighted by Gasteiger charge is 2.36. The van der Waals surface area contributed by atoms with Gasteiger partial charge >= 0.3 is 0 Å². The molecule has 3 atom stereocenters. The summed E-state index contributed by atoms with van der Waals surface area (Å²) in [7, 11) is -3.55. The lowest BCUT2D eigenvalue weighted by molar-refractivity contribution is 0.0487. The number of hydrogen-bond acceptors (Lipinski definition) is 7. The summed E-state index contributed by atoms with van der Waals surface area (Å²) in [5, 5.41) is 0.469. The van der Waals surface area contributed by atoms with Gasteiger partial charge in [-0.2, -0.15) is 4.37 Å². The molecule has 3 aromatic rings. The Hall–Kier alpha value is -2.36. The zero-order valence-corrected chi connectivity index (χ0v) is 20.0. The van der Waals surface area contributed by atoms with E-state index in [0.717, 1.165) is 48.5 Å². The van der Waals surface area contributed by atoms with Crippen LogP contribution in [-0.2, 0) is 15.6 Å². The normalized spacial score (nSPS) is 23.6. The van der Waals surface area contributed by atoms with E-state index in [1.807, 2.05) is 18.2 Å². The summed E-state index contributed by atoms with van der Waals surface area (Å²) < 4.78 is 49.2. The maximum atomic E-state index is 13.5. The highest BCUT2D eigenvalue weighted by atomic mass is 32.2. The summed E-state index contributed by atoms with van der Waals surface area (Å²) >= 11 is 1.09. The molecular weight excluding hydrogens is 461 g/mol. The Labute approximate surface area is 197 Å². The molecule has 0 unspecified atom stereocenters. The number of halogens is 1. The van der Waals surface area contributed by atoms with Gasteiger partial charge in [0.25, 0.3) is 0 Å². The average Bonchev–Trinajstić information content (AvgIpc) is 3.31. The van der Waals surface area contributed by atoms with Gasteiger partial charge in [0.05, 0.1) is 11.5 Å². The fourth-order valence-electron chi connectivity index (χ4n) is 4.94. The summed E-state index contributed by atoms with van der Waals surface area (Å²) in [6, 6.07) is 12.4. The monoisotopic (exact) mass is 487 g/mol. The first kappa shape index (κ1) is 22.4. The van der Waals surface area contributed by atoms with E-state index in [1.54, 1.807) is 12.1 Å². The number of fused-ring (bicyclic) bond motifs is 1. The van der Waals surface area contributed by atoms with Crippen LogP contribution in [0.15, 0.2) is 53.7 Å². The number of hydrogen-bond donors (Lipinski definition) is 0. The fraction of sp³-hybridized carbons (Fsp3) is 0.417. The lowest BCUT2D eigenvalue weighted by atomic mass is 9.85. The third kappa shape index (κ3) is 4.67. The van der Waals surface area contributed by atoms with Gasteiger partial charge < -0.3 is 4.74 Å². The molecule has 1 fully saturated rings. The third-order valence-electron chi connectivity index (χ3n) is 6.63. The van der Waals surface area contributed by atoms with Crippen molar-refractivity contribution in [2.45, 2.75) is 48.9 Å². The number of sulfone groups is 1. The zero-order valence-electron chi connectivity index (χ0n) is 18.4. The van der Waals surface area contributed by atoms with E-state index in [0.29, 0.717) is 23.3 Å². The minimum atomic E-state index is -3.55. The highest BCUT2D eigenvalue weighted by molar-refractivity contribution is 7.90. The molecule has 6 nitrogen and oxygen atoms in total. The third-order valence-corrected chi connectivity index (χ3v) is 9.10. The Bertz CT molecular complexity index is 1220. The van der Waals surface area contributed by atoms with Gasteiger partial charge in [0.15, 0.2) is 9.84 Å². The second-order valence-electron chi connectivity index (χ2n) is 8.88. The lowest BCUT2D eigenvalue weighted by Crippen LogP contribution is -2.40. The first-order chi connectivity index (χ1) is 15.9. The molecule has 33 heavy (non-hydrogen) atoms. The van der Waals surface area contributed by atoms with E-state index >= 15 is 0 Å². The number of nitrogens with zero attached hydrogens (tertiary/aromatic N) is 3. The van der Waals surface area contributed by atoms with Crippen LogP contribution in [0.2, 0.25) is 0 Å². The summed E-state index contributed by atoms with van der Waals surface area (Å²) in [5.74, 6) is 0.814. The van der Waals surface area contributed by atoms with Crippen molar-refractivity contribution in [2.24, 2.45) is 5.92 Å². The van der Waals surface area contributed by atoms with E-state index in [9.17, 15) is 12.8 Å². The Morgan fingerprint density at radius 3 is 2.73 bits per heavy atom. The van der Waals surface area contributed by atoms with Crippen molar-refractivity contribution in [3.05, 3.63) is 70.7 Å². The van der Waals surface area contributed by atoms with Gasteiger partial charge in [-0.1, -0.05) is 25.1 Å². The molecule has 0 spiro atoms. The lowest BCUT2D eigenvalue weighted by Gasteiger charge is -2.45. The molecule has 174 valence electrons. The van der Waals surface area contributed by atoms with Crippen LogP contribution in [-0.4, -0.2) is 35.8 Å². The molecule has 2 aliphatic heterocycles. The number of rotatable bonds is 5. The molecule has 3 heterocycles. The maximum absolute atomic E-state index is 13.5. The number of aromatic nitrogens is 2. The van der Waals surface area contributed by atoms with Gasteiger partial charge in [-0.3, -0.25) is 4.90 Å². The van der Waals surface area contributed by atoms with Crippen LogP contribution in [0.25, 0.3) is 0 Å². The van der Waals surface area contributed by atoms with Crippen molar-refractivity contribution in [1.82, 2.24) is 14.3 Å². The van der Waals surface area contributed by atoms with Gasteiger partial charge in [-0.15, -0.1) is 0 Å². The molecule has 5 rings (SSSR count). The zero-order chi connectivity index (χ0) is 23.0. The Kier molecular flexibility index (Phi) is 6.20. The Morgan fingerprint density at radius 1 is 1.15 bits per heavy atom. The first-order valence-corrected chi connectivity index (χ1v) is 13.6. The van der Waals surface area contributed by atoms with Gasteiger partial charge in [0.1, 0.15) is 28.7 Å². The molecule has 2 aliphatic rings. The molecule has 0 radical (unpaired) electrons. The van der Waals surface area contributed by atoms with Crippen LogP contribution in [0, 0.1) is 11.7 Å². The Morgan fingerprint density at radius 2 is 1.97 bits per heavy atom. The standard InChI is InChI=1S/C24H26FN3O3S2/c1-16-8-10-28(22(12-16)17-2-4-18(25)5-3-17)21-9-11-31-23-13-19(6-7-20(21)23)33(29,30)14-24-26-15-27-32-24/h2-7,13,15-16,21-22H,8-12,14H2,1H3/t16-,21+,22+/m1/s1. The molecule has 0 bridgehead atoms. The molecule has 1 saturated heterocycles. The van der Waals surface area contributed by atoms with E-state index in [2.05, 4.69) is 21.2 Å². The Balaban J connectivity index is 1.45. The summed E-state index contributed by atoms with van der Waals surface area (Å²) in [6.07, 6.45) is 4.30. The molecule has 9 heteroatoms. The van der Waals surface area contributed by atoms with Crippen LogP contribution in [0.1, 0.15) is 54.4 Å². The summed E-state index contributed by atoms with van der Waals surface area (Å²) in [4.78, 5) is 6.73. The SMILES string of the molecule is C[C@@H]1CCN([C@H]2CCOc3cc(S(=O)(=O)Cc4ncns4)ccc32)[C@H](c2ccc(F)cc2)C1. The predicted octanol–water partition coefficient (Wildman–Crippen LogP) is 4.95. The smallest absolute Gasteiger partial charge is 0.185 e. The van der Waals surface area contributed by atoms with E-state index in [1.165, 1.54) is 18.5 Å². The van der Waals surface area contributed by atoms with Crippen LogP contribution < -0.4 is 4.74 Å². The number of benzene rings is 2. The quantitative estimate of drug-likeness (QED) is 0.507. The van der Waals surface area contributed by atoms with Gasteiger partial charge in [-0.25, -0.2) is 17.8 Å². The first-order valence-electron chi connectivity index (χ1n) is 11.2. The van der Waals surface area contributed by atoms with Crippen molar-refractivity contribution < 1.29 is 17.5 Å². The van der Waals surface area contributed by atoms with Crippen LogP contribution in [0.5, 0.6) is 5.75 Å². The van der Waals surface area contributed by atoms with E-state index < -0.39 is 9.84 Å². The summed E-state index contributed by atoms with van der Waals surface area (Å²) in [6.45, 7) is 3.73. The van der Waals surface area contributed by atoms with Gasteiger partial charge in [-0.05, 0) is 66.7 Å². The van der Waals surface area contributed by atoms with Gasteiger partial charge in [0.2, 0.25) is 0 Å². The van der Waals surface area contributed by atoms with Crippen LogP contribution in [0.3, 0.4) is 0 Å². The minimum absolute atomic E-state index is 0.121. The van der Waals surface area contributed by atoms with Crippen molar-refractivity contribution in [3.63, 3.8) is 0 Å². The van der Waals surface area contributed by atoms with Gasteiger partial charge in [0, 0.05) is 24.1 Å². The molecule has 1 aromatic heterocycles. The fourth-order valence-corrected chi connectivity index (χ4v) is 7.05. The van der Waals surface area contributed by atoms with Crippen molar-refractivity contribution in [1.29, 1.82) is 0 Å². The number of ether oxygens (including phenoxy) is 1. The number of piperidine rings is 1. The molecule has 2 aromatic carbocycles. The second-order valence-corrected chi connectivity index (χ2v) is 11.7. The molecular formula is C24H26FN3O3S2. The largest absolute Gasteiger partial charge is 0.493 e. The average molecular weight is 488 g/mol. The van der Waals surface area contributed by atoms with Crippen molar-refractivity contribution in [3.8, 4) is 5.75 Å². The van der Waals surface area contributed by atoms with Crippen molar-refractivity contribution in [2.75, 3.05) is 13.2 Å². The maximum Gasteiger partial charge on any atom is 0.185 e. The van der Waals surface area contributed by atoms with E-state index in [-0.39, 0.29) is 28.5 Å². The van der Waals surface area contributed by atoms with E-state index in [4.69, 9.17) is 4.74 Å². The molecule has 0 amide bonds. The molecule has 0 aliphatic carbocycles. The minimum Gasteiger partial charge on any atom is -0.493 e. The second kappa shape index (κ2) is 9.12. The topological polar surface area (TPSA) is 72.4 Å².